The smallest absolute Gasteiger partial charge is 0.202 e. The van der Waals surface area contributed by atoms with Crippen molar-refractivity contribution < 1.29 is 0 Å². The van der Waals surface area contributed by atoms with Crippen molar-refractivity contribution in [3.8, 4) is 0 Å². The third kappa shape index (κ3) is 1.05. The fourth-order valence-electron chi connectivity index (χ4n) is 1.14. The number of aromatic nitrogens is 4. The van der Waals surface area contributed by atoms with Gasteiger partial charge in [0.25, 0.3) is 0 Å². The van der Waals surface area contributed by atoms with Crippen LogP contribution in [0.25, 0.3) is 11.2 Å². The molecule has 4 heteroatoms. The van der Waals surface area contributed by atoms with Crippen molar-refractivity contribution >= 4 is 11.2 Å². The van der Waals surface area contributed by atoms with Crippen LogP contribution in [0.1, 0.15) is 12.6 Å². The largest absolute Gasteiger partial charge is 0.230 e. The number of hydrogen-bond donors (Lipinski definition) is 0. The van der Waals surface area contributed by atoms with Crippen LogP contribution in [-0.2, 0) is 13.5 Å². The predicted octanol–water partition coefficient (Wildman–Crippen LogP) is 0.926. The van der Waals surface area contributed by atoms with Gasteiger partial charge in [0.1, 0.15) is 5.52 Å². The third-order valence-electron chi connectivity index (χ3n) is 1.77. The van der Waals surface area contributed by atoms with E-state index < -0.39 is 0 Å². The minimum Gasteiger partial charge on any atom is -0.230 e. The summed E-state index contributed by atoms with van der Waals surface area (Å²) in [6.07, 6.45) is 0.937. The molecule has 62 valence electrons. The van der Waals surface area contributed by atoms with Crippen LogP contribution in [0.2, 0.25) is 0 Å². The van der Waals surface area contributed by atoms with Gasteiger partial charge >= 0.3 is 0 Å². The summed E-state index contributed by atoms with van der Waals surface area (Å²) in [6.45, 7) is 2.07. The lowest BCUT2D eigenvalue weighted by Gasteiger charge is -1.91. The molecule has 12 heavy (non-hydrogen) atoms. The average Bonchev–Trinajstić information content (AvgIpc) is 2.43. The second kappa shape index (κ2) is 2.55. The van der Waals surface area contributed by atoms with Crippen molar-refractivity contribution in [2.45, 2.75) is 13.3 Å². The van der Waals surface area contributed by atoms with E-state index in [4.69, 9.17) is 0 Å². The van der Waals surface area contributed by atoms with Crippen molar-refractivity contribution in [1.29, 1.82) is 0 Å². The van der Waals surface area contributed by atoms with Crippen LogP contribution in [0, 0.1) is 0 Å². The van der Waals surface area contributed by atoms with Crippen LogP contribution in [0.4, 0.5) is 0 Å². The van der Waals surface area contributed by atoms with Crippen molar-refractivity contribution in [1.82, 2.24) is 20.0 Å². The molecular weight excluding hydrogens is 152 g/mol. The third-order valence-corrected chi connectivity index (χ3v) is 1.77. The summed E-state index contributed by atoms with van der Waals surface area (Å²) in [5, 5.41) is 8.25. The zero-order chi connectivity index (χ0) is 8.55. The molecule has 2 rings (SSSR count). The Morgan fingerprint density at radius 3 is 2.92 bits per heavy atom. The van der Waals surface area contributed by atoms with Gasteiger partial charge in [-0.1, -0.05) is 6.92 Å². The molecule has 0 aliphatic carbocycles. The van der Waals surface area contributed by atoms with Crippen molar-refractivity contribution in [3.63, 3.8) is 0 Å². The Labute approximate surface area is 70.2 Å². The Kier molecular flexibility index (Phi) is 1.53. The van der Waals surface area contributed by atoms with E-state index >= 15 is 0 Å². The van der Waals surface area contributed by atoms with Crippen LogP contribution in [0.15, 0.2) is 12.1 Å². The maximum Gasteiger partial charge on any atom is 0.202 e. The SMILES string of the molecule is CCc1ccc2nn(C)nc2n1. The van der Waals surface area contributed by atoms with E-state index in [0.717, 1.165) is 23.3 Å². The van der Waals surface area contributed by atoms with Crippen LogP contribution in [0.3, 0.4) is 0 Å². The van der Waals surface area contributed by atoms with E-state index in [1.807, 2.05) is 12.1 Å². The van der Waals surface area contributed by atoms with Gasteiger partial charge < -0.3 is 0 Å². The van der Waals surface area contributed by atoms with Crippen LogP contribution >= 0.6 is 0 Å². The topological polar surface area (TPSA) is 43.6 Å². The zero-order valence-corrected chi connectivity index (χ0v) is 7.15. The first kappa shape index (κ1) is 7.21. The van der Waals surface area contributed by atoms with Crippen LogP contribution in [0.5, 0.6) is 0 Å². The maximum absolute atomic E-state index is 4.32. The molecule has 4 nitrogen and oxygen atoms in total. The van der Waals surface area contributed by atoms with E-state index in [9.17, 15) is 0 Å². The Morgan fingerprint density at radius 2 is 2.17 bits per heavy atom. The second-order valence-electron chi connectivity index (χ2n) is 2.69. The van der Waals surface area contributed by atoms with E-state index in [2.05, 4.69) is 22.1 Å². The standard InChI is InChI=1S/C8H10N4/c1-3-6-4-5-7-8(9-6)11-12(2)10-7/h4-5H,3H2,1-2H3. The first-order valence-electron chi connectivity index (χ1n) is 3.96. The van der Waals surface area contributed by atoms with Crippen molar-refractivity contribution in [2.24, 2.45) is 7.05 Å². The highest BCUT2D eigenvalue weighted by molar-refractivity contribution is 5.68. The Hall–Kier alpha value is -1.45. The van der Waals surface area contributed by atoms with Gasteiger partial charge in [-0.3, -0.25) is 0 Å². The maximum atomic E-state index is 4.32. The van der Waals surface area contributed by atoms with Gasteiger partial charge in [-0.25, -0.2) is 4.98 Å². The summed E-state index contributed by atoms with van der Waals surface area (Å²) in [6, 6.07) is 3.94. The number of hydrogen-bond acceptors (Lipinski definition) is 3. The molecule has 0 atom stereocenters. The highest BCUT2D eigenvalue weighted by atomic mass is 15.5. The molecule has 0 amide bonds. The molecule has 2 aromatic rings. The normalized spacial score (nSPS) is 10.8. The van der Waals surface area contributed by atoms with E-state index in [1.165, 1.54) is 4.80 Å². The van der Waals surface area contributed by atoms with Crippen LogP contribution < -0.4 is 0 Å². The second-order valence-corrected chi connectivity index (χ2v) is 2.69. The van der Waals surface area contributed by atoms with Gasteiger partial charge in [-0.15, -0.1) is 5.10 Å². The van der Waals surface area contributed by atoms with Crippen molar-refractivity contribution in [2.75, 3.05) is 0 Å². The molecule has 2 heterocycles. The first-order chi connectivity index (χ1) is 5.79. The van der Waals surface area contributed by atoms with E-state index in [0.29, 0.717) is 0 Å². The fourth-order valence-corrected chi connectivity index (χ4v) is 1.14. The molecule has 0 N–H and O–H groups in total. The molecule has 0 aliphatic heterocycles. The number of fused-ring (bicyclic) bond motifs is 1. The lowest BCUT2D eigenvalue weighted by atomic mass is 10.3. The Balaban J connectivity index is 2.66. The molecular formula is C8H10N4. The van der Waals surface area contributed by atoms with Crippen molar-refractivity contribution in [3.05, 3.63) is 17.8 Å². The highest BCUT2D eigenvalue weighted by Gasteiger charge is 2.01. The Bertz CT molecular complexity index is 404. The van der Waals surface area contributed by atoms with E-state index in [1.54, 1.807) is 7.05 Å². The Morgan fingerprint density at radius 1 is 1.33 bits per heavy atom. The molecule has 0 aromatic carbocycles. The number of aryl methyl sites for hydroxylation is 2. The summed E-state index contributed by atoms with van der Waals surface area (Å²) >= 11 is 0. The molecule has 2 aromatic heterocycles. The molecule has 0 saturated heterocycles. The molecule has 0 unspecified atom stereocenters. The van der Waals surface area contributed by atoms with Gasteiger partial charge in [-0.05, 0) is 18.6 Å². The summed E-state index contributed by atoms with van der Waals surface area (Å²) in [4.78, 5) is 5.86. The summed E-state index contributed by atoms with van der Waals surface area (Å²) in [5.41, 5.74) is 2.65. The number of rotatable bonds is 1. The van der Waals surface area contributed by atoms with Gasteiger partial charge in [-0.2, -0.15) is 9.90 Å². The average molecular weight is 162 g/mol. The molecule has 0 aliphatic rings. The lowest BCUT2D eigenvalue weighted by molar-refractivity contribution is 0.663. The first-order valence-corrected chi connectivity index (χ1v) is 3.96. The fraction of sp³-hybridized carbons (Fsp3) is 0.375. The molecule has 0 radical (unpaired) electrons. The lowest BCUT2D eigenvalue weighted by Crippen LogP contribution is -1.91. The monoisotopic (exact) mass is 162 g/mol. The summed E-state index contributed by atoms with van der Waals surface area (Å²) in [5.74, 6) is 0. The van der Waals surface area contributed by atoms with Gasteiger partial charge in [0, 0.05) is 12.7 Å². The van der Waals surface area contributed by atoms with Gasteiger partial charge in [0.2, 0.25) is 5.65 Å². The van der Waals surface area contributed by atoms with Gasteiger partial charge in [0.05, 0.1) is 0 Å². The molecule has 0 bridgehead atoms. The van der Waals surface area contributed by atoms with Gasteiger partial charge in [0.15, 0.2) is 0 Å². The summed E-state index contributed by atoms with van der Waals surface area (Å²) < 4.78 is 0. The molecule has 0 fully saturated rings. The summed E-state index contributed by atoms with van der Waals surface area (Å²) in [7, 11) is 1.80. The zero-order valence-electron chi connectivity index (χ0n) is 7.15. The quantitative estimate of drug-likeness (QED) is 0.626. The highest BCUT2D eigenvalue weighted by Crippen LogP contribution is 2.06. The number of pyridine rings is 1. The predicted molar refractivity (Wildman–Crippen MR) is 45.7 cm³/mol. The van der Waals surface area contributed by atoms with E-state index in [-0.39, 0.29) is 0 Å². The number of nitrogens with zero attached hydrogens (tertiary/aromatic N) is 4. The molecule has 0 saturated carbocycles. The minimum absolute atomic E-state index is 0.733. The molecule has 0 spiro atoms. The van der Waals surface area contributed by atoms with Crippen LogP contribution in [-0.4, -0.2) is 20.0 Å². The minimum atomic E-state index is 0.733.